The van der Waals surface area contributed by atoms with Crippen LogP contribution in [0.2, 0.25) is 10.0 Å². The van der Waals surface area contributed by atoms with Gasteiger partial charge in [-0.15, -0.1) is 0 Å². The van der Waals surface area contributed by atoms with Crippen molar-refractivity contribution in [2.24, 2.45) is 0 Å². The average molecular weight is 345 g/mol. The molecule has 1 aliphatic rings. The van der Waals surface area contributed by atoms with Gasteiger partial charge in [0.15, 0.2) is 0 Å². The predicted molar refractivity (Wildman–Crippen MR) is 89.6 cm³/mol. The number of carboxylic acids is 1. The topological polar surface area (TPSA) is 43.8 Å². The van der Waals surface area contributed by atoms with Crippen molar-refractivity contribution in [2.45, 2.75) is 32.4 Å². The summed E-state index contributed by atoms with van der Waals surface area (Å²) < 4.78 is 0. The van der Waals surface area contributed by atoms with E-state index in [4.69, 9.17) is 28.3 Å². The Morgan fingerprint density at radius 3 is 2.59 bits per heavy atom. The number of likely N-dealkylation sites (tertiary alicyclic amines) is 1. The number of nitrogens with zero attached hydrogens (tertiary/aromatic N) is 2. The molecule has 22 heavy (non-hydrogen) atoms. The molecule has 0 bridgehead atoms. The van der Waals surface area contributed by atoms with Gasteiger partial charge in [0.1, 0.15) is 0 Å². The Labute approximate surface area is 141 Å². The number of hydrogen-bond donors (Lipinski definition) is 1. The number of hydrogen-bond acceptors (Lipinski definition) is 3. The highest BCUT2D eigenvalue weighted by molar-refractivity contribution is 6.35. The van der Waals surface area contributed by atoms with Crippen LogP contribution in [0.5, 0.6) is 0 Å². The van der Waals surface area contributed by atoms with Gasteiger partial charge in [-0.25, -0.2) is 0 Å². The van der Waals surface area contributed by atoms with Crippen molar-refractivity contribution in [3.05, 3.63) is 33.8 Å². The molecule has 0 unspecified atom stereocenters. The Balaban J connectivity index is 1.87. The van der Waals surface area contributed by atoms with E-state index in [-0.39, 0.29) is 6.54 Å². The molecule has 1 aromatic rings. The molecule has 0 radical (unpaired) electrons. The zero-order valence-electron chi connectivity index (χ0n) is 12.8. The van der Waals surface area contributed by atoms with Gasteiger partial charge in [-0.3, -0.25) is 14.6 Å². The summed E-state index contributed by atoms with van der Waals surface area (Å²) in [6.45, 7) is 5.65. The van der Waals surface area contributed by atoms with Crippen molar-refractivity contribution in [3.63, 3.8) is 0 Å². The lowest BCUT2D eigenvalue weighted by Crippen LogP contribution is -2.46. The number of likely N-dealkylation sites (N-methyl/N-ethyl adjacent to an activating group) is 1. The number of rotatable bonds is 6. The van der Waals surface area contributed by atoms with Gasteiger partial charge in [0.25, 0.3) is 0 Å². The predicted octanol–water partition coefficient (Wildman–Crippen LogP) is 3.36. The molecule has 0 saturated carbocycles. The molecular formula is C16H22Cl2N2O2. The van der Waals surface area contributed by atoms with E-state index in [2.05, 4.69) is 9.80 Å². The summed E-state index contributed by atoms with van der Waals surface area (Å²) in [5.41, 5.74) is 1.09. The van der Waals surface area contributed by atoms with Crippen LogP contribution >= 0.6 is 23.2 Å². The lowest BCUT2D eigenvalue weighted by Gasteiger charge is -2.37. The van der Waals surface area contributed by atoms with Crippen LogP contribution in [0, 0.1) is 0 Å². The number of halogens is 2. The normalized spacial score (nSPS) is 17.1. The largest absolute Gasteiger partial charge is 0.480 e. The fourth-order valence-electron chi connectivity index (χ4n) is 3.01. The van der Waals surface area contributed by atoms with E-state index in [9.17, 15) is 4.79 Å². The van der Waals surface area contributed by atoms with Crippen LogP contribution < -0.4 is 0 Å². The van der Waals surface area contributed by atoms with Gasteiger partial charge in [-0.05, 0) is 50.2 Å². The molecule has 0 aliphatic carbocycles. The van der Waals surface area contributed by atoms with E-state index >= 15 is 0 Å². The van der Waals surface area contributed by atoms with Crippen LogP contribution in [-0.4, -0.2) is 53.1 Å². The van der Waals surface area contributed by atoms with Gasteiger partial charge in [0.2, 0.25) is 0 Å². The molecular weight excluding hydrogens is 323 g/mol. The second-order valence-electron chi connectivity index (χ2n) is 5.70. The van der Waals surface area contributed by atoms with Crippen LogP contribution in [0.1, 0.15) is 25.3 Å². The third-order valence-electron chi connectivity index (χ3n) is 4.23. The van der Waals surface area contributed by atoms with Gasteiger partial charge < -0.3 is 5.11 Å². The monoisotopic (exact) mass is 344 g/mol. The second kappa shape index (κ2) is 8.16. The Hall–Kier alpha value is -0.810. The number of benzene rings is 1. The Morgan fingerprint density at radius 1 is 1.36 bits per heavy atom. The number of carboxylic acid groups (broad SMARTS) is 1. The maximum absolute atomic E-state index is 10.9. The van der Waals surface area contributed by atoms with Crippen LogP contribution in [0.25, 0.3) is 0 Å². The SMILES string of the molecule is CCN(CC(=O)O)C1CCN(Cc2ccc(Cl)cc2Cl)CC1. The van der Waals surface area contributed by atoms with Crippen molar-refractivity contribution in [2.75, 3.05) is 26.2 Å². The van der Waals surface area contributed by atoms with Crippen LogP contribution in [0.4, 0.5) is 0 Å². The molecule has 1 aromatic carbocycles. The van der Waals surface area contributed by atoms with Crippen molar-refractivity contribution in [3.8, 4) is 0 Å². The van der Waals surface area contributed by atoms with Crippen molar-refractivity contribution in [1.82, 2.24) is 9.80 Å². The third kappa shape index (κ3) is 4.85. The Bertz CT molecular complexity index is 517. The average Bonchev–Trinajstić information content (AvgIpc) is 2.48. The lowest BCUT2D eigenvalue weighted by molar-refractivity contribution is -0.139. The molecule has 0 atom stereocenters. The zero-order chi connectivity index (χ0) is 16.1. The summed E-state index contributed by atoms with van der Waals surface area (Å²) >= 11 is 12.1. The first-order valence-corrected chi connectivity index (χ1v) is 8.37. The van der Waals surface area contributed by atoms with Crippen molar-refractivity contribution in [1.29, 1.82) is 0 Å². The summed E-state index contributed by atoms with van der Waals surface area (Å²) in [6.07, 6.45) is 1.98. The van der Waals surface area contributed by atoms with Gasteiger partial charge in [-0.1, -0.05) is 36.2 Å². The van der Waals surface area contributed by atoms with E-state index in [1.807, 2.05) is 19.1 Å². The molecule has 4 nitrogen and oxygen atoms in total. The first-order valence-electron chi connectivity index (χ1n) is 7.61. The number of piperidine rings is 1. The van der Waals surface area contributed by atoms with Crippen molar-refractivity contribution < 1.29 is 9.90 Å². The summed E-state index contributed by atoms with van der Waals surface area (Å²) in [6, 6.07) is 5.97. The zero-order valence-corrected chi connectivity index (χ0v) is 14.3. The summed E-state index contributed by atoms with van der Waals surface area (Å²) in [4.78, 5) is 15.3. The highest BCUT2D eigenvalue weighted by Crippen LogP contribution is 2.24. The van der Waals surface area contributed by atoms with Crippen molar-refractivity contribution >= 4 is 29.2 Å². The van der Waals surface area contributed by atoms with Gasteiger partial charge in [-0.2, -0.15) is 0 Å². The van der Waals surface area contributed by atoms with Gasteiger partial charge in [0, 0.05) is 22.6 Å². The molecule has 0 spiro atoms. The minimum atomic E-state index is -0.753. The fourth-order valence-corrected chi connectivity index (χ4v) is 3.47. The highest BCUT2D eigenvalue weighted by atomic mass is 35.5. The molecule has 1 fully saturated rings. The first-order chi connectivity index (χ1) is 10.5. The summed E-state index contributed by atoms with van der Waals surface area (Å²) in [7, 11) is 0. The van der Waals surface area contributed by atoms with E-state index in [0.717, 1.165) is 44.6 Å². The lowest BCUT2D eigenvalue weighted by atomic mass is 10.0. The fraction of sp³-hybridized carbons (Fsp3) is 0.562. The molecule has 6 heteroatoms. The second-order valence-corrected chi connectivity index (χ2v) is 6.54. The third-order valence-corrected chi connectivity index (χ3v) is 4.81. The molecule has 122 valence electrons. The Morgan fingerprint density at radius 2 is 2.05 bits per heavy atom. The smallest absolute Gasteiger partial charge is 0.317 e. The number of carbonyl (C=O) groups is 1. The van der Waals surface area contributed by atoms with E-state index in [0.29, 0.717) is 16.1 Å². The molecule has 0 aromatic heterocycles. The summed E-state index contributed by atoms with van der Waals surface area (Å²) in [5.74, 6) is -0.753. The molecule has 1 N–H and O–H groups in total. The summed E-state index contributed by atoms with van der Waals surface area (Å²) in [5, 5.41) is 10.3. The minimum Gasteiger partial charge on any atom is -0.480 e. The standard InChI is InChI=1S/C16H22Cl2N2O2/c1-2-20(11-16(21)22)14-5-7-19(8-6-14)10-12-3-4-13(17)9-15(12)18/h3-4,9,14H,2,5-8,10-11H2,1H3,(H,21,22). The molecule has 1 heterocycles. The van der Waals surface area contributed by atoms with Gasteiger partial charge in [0.05, 0.1) is 6.54 Å². The molecule has 1 saturated heterocycles. The first kappa shape index (κ1) is 17.5. The highest BCUT2D eigenvalue weighted by Gasteiger charge is 2.25. The van der Waals surface area contributed by atoms with Crippen LogP contribution in [0.15, 0.2) is 18.2 Å². The van der Waals surface area contributed by atoms with E-state index < -0.39 is 5.97 Å². The van der Waals surface area contributed by atoms with Gasteiger partial charge >= 0.3 is 5.97 Å². The van der Waals surface area contributed by atoms with Crippen LogP contribution in [0.3, 0.4) is 0 Å². The minimum absolute atomic E-state index is 0.129. The van der Waals surface area contributed by atoms with Crippen LogP contribution in [-0.2, 0) is 11.3 Å². The molecule has 1 aliphatic heterocycles. The number of aliphatic carboxylic acids is 1. The molecule has 0 amide bonds. The maximum atomic E-state index is 10.9. The quantitative estimate of drug-likeness (QED) is 0.859. The van der Waals surface area contributed by atoms with E-state index in [1.165, 1.54) is 0 Å². The maximum Gasteiger partial charge on any atom is 0.317 e. The Kier molecular flexibility index (Phi) is 6.50. The molecule has 2 rings (SSSR count). The van der Waals surface area contributed by atoms with E-state index in [1.54, 1.807) is 6.07 Å².